The molecule has 1 amide bonds. The van der Waals surface area contributed by atoms with Gasteiger partial charge in [-0.25, -0.2) is 0 Å². The number of hydrogen-bond acceptors (Lipinski definition) is 5. The van der Waals surface area contributed by atoms with Gasteiger partial charge in [-0.2, -0.15) is 0 Å². The third-order valence-electron chi connectivity index (χ3n) is 6.93. The van der Waals surface area contributed by atoms with E-state index in [4.69, 9.17) is 9.47 Å². The zero-order valence-electron chi connectivity index (χ0n) is 22.7. The lowest BCUT2D eigenvalue weighted by molar-refractivity contribution is -0.137. The summed E-state index contributed by atoms with van der Waals surface area (Å²) in [7, 11) is 3.15. The van der Waals surface area contributed by atoms with Crippen molar-refractivity contribution in [3.05, 3.63) is 131 Å². The highest BCUT2D eigenvalue weighted by Gasteiger charge is 2.39. The zero-order valence-corrected chi connectivity index (χ0v) is 22.7. The van der Waals surface area contributed by atoms with Gasteiger partial charge in [0.15, 0.2) is 0 Å². The third kappa shape index (κ3) is 6.50. The van der Waals surface area contributed by atoms with Crippen molar-refractivity contribution in [2.24, 2.45) is 0 Å². The van der Waals surface area contributed by atoms with Crippen LogP contribution < -0.4 is 20.1 Å². The Bertz CT molecular complexity index is 1300. The van der Waals surface area contributed by atoms with Gasteiger partial charge in [-0.15, -0.1) is 0 Å². The number of carboxylic acids is 1. The molecule has 4 rings (SSSR count). The average Bonchev–Trinajstić information content (AvgIpc) is 3.01. The highest BCUT2D eigenvalue weighted by atomic mass is 16.5. The molecule has 0 bridgehead atoms. The number of ether oxygens (including phenoxy) is 2. The summed E-state index contributed by atoms with van der Waals surface area (Å²) in [5, 5.41) is 16.1. The number of carbonyl (C=O) groups is 2. The summed E-state index contributed by atoms with van der Waals surface area (Å²) in [6.45, 7) is 0.292. The lowest BCUT2D eigenvalue weighted by atomic mass is 9.76. The van der Waals surface area contributed by atoms with E-state index < -0.39 is 17.6 Å². The maximum Gasteiger partial charge on any atom is 0.303 e. The second kappa shape index (κ2) is 13.4. The van der Waals surface area contributed by atoms with Gasteiger partial charge in [0.1, 0.15) is 17.0 Å². The van der Waals surface area contributed by atoms with Crippen LogP contribution in [-0.2, 0) is 21.7 Å². The van der Waals surface area contributed by atoms with E-state index >= 15 is 0 Å². The Balaban J connectivity index is 1.73. The molecule has 0 aromatic heterocycles. The molecule has 0 spiro atoms. The number of nitrogens with one attached hydrogen (secondary N) is 2. The minimum Gasteiger partial charge on any atom is -0.497 e. The Kier molecular flexibility index (Phi) is 9.54. The quantitative estimate of drug-likeness (QED) is 0.204. The Morgan fingerprint density at radius 2 is 1.30 bits per heavy atom. The first-order chi connectivity index (χ1) is 19.5. The van der Waals surface area contributed by atoms with E-state index in [0.717, 1.165) is 22.3 Å². The van der Waals surface area contributed by atoms with Crippen molar-refractivity contribution in [2.45, 2.75) is 31.0 Å². The highest BCUT2D eigenvalue weighted by Crippen LogP contribution is 2.37. The molecule has 0 saturated heterocycles. The molecule has 0 aliphatic heterocycles. The lowest BCUT2D eigenvalue weighted by Crippen LogP contribution is -2.54. The predicted octanol–water partition coefficient (Wildman–Crippen LogP) is 5.14. The smallest absolute Gasteiger partial charge is 0.303 e. The first-order valence-corrected chi connectivity index (χ1v) is 13.1. The van der Waals surface area contributed by atoms with Gasteiger partial charge in [-0.05, 0) is 29.2 Å². The van der Waals surface area contributed by atoms with Gasteiger partial charge in [-0.1, -0.05) is 97.1 Å². The van der Waals surface area contributed by atoms with Crippen LogP contribution in [0.1, 0.15) is 35.1 Å². The summed E-state index contributed by atoms with van der Waals surface area (Å²) >= 11 is 0. The van der Waals surface area contributed by atoms with E-state index in [1.54, 1.807) is 20.3 Å². The lowest BCUT2D eigenvalue weighted by Gasteiger charge is -2.38. The van der Waals surface area contributed by atoms with E-state index in [2.05, 4.69) is 10.6 Å². The minimum absolute atomic E-state index is 0.105. The van der Waals surface area contributed by atoms with Crippen LogP contribution in [0, 0.1) is 0 Å². The van der Waals surface area contributed by atoms with Crippen molar-refractivity contribution in [2.75, 3.05) is 14.2 Å². The number of methoxy groups -OCH3 is 2. The van der Waals surface area contributed by atoms with Crippen LogP contribution >= 0.6 is 0 Å². The first kappa shape index (κ1) is 28.4. The van der Waals surface area contributed by atoms with Gasteiger partial charge < -0.3 is 25.2 Å². The standard InChI is InChI=1S/C33H34N2O5/c1-39-28-19-18-24(30(22-28)40-2)23-34-29(20-21-31(36)37)32(38)35-33(25-12-6-3-7-13-25,26-14-8-4-9-15-26)27-16-10-5-11-17-27/h3-19,22,29,34H,20-21,23H2,1-2H3,(H,35,38)(H,36,37)/t29-/m0/s1. The van der Waals surface area contributed by atoms with Crippen LogP contribution in [0.2, 0.25) is 0 Å². The SMILES string of the molecule is COc1ccc(CN[C@@H](CCC(=O)O)C(=O)NC(c2ccccc2)(c2ccccc2)c2ccccc2)c(OC)c1. The first-order valence-electron chi connectivity index (χ1n) is 13.1. The molecule has 0 aliphatic rings. The summed E-state index contributed by atoms with van der Waals surface area (Å²) in [5.41, 5.74) is 2.46. The van der Waals surface area contributed by atoms with E-state index in [9.17, 15) is 14.7 Å². The average molecular weight is 539 g/mol. The predicted molar refractivity (Wildman–Crippen MR) is 154 cm³/mol. The Morgan fingerprint density at radius 3 is 1.75 bits per heavy atom. The van der Waals surface area contributed by atoms with E-state index in [-0.39, 0.29) is 18.7 Å². The molecule has 4 aromatic rings. The fraction of sp³-hybridized carbons (Fsp3) is 0.212. The maximum atomic E-state index is 14.1. The normalized spacial score (nSPS) is 11.8. The van der Waals surface area contributed by atoms with Gasteiger partial charge in [0, 0.05) is 24.6 Å². The Morgan fingerprint density at radius 1 is 0.775 bits per heavy atom. The monoisotopic (exact) mass is 538 g/mol. The van der Waals surface area contributed by atoms with Crippen LogP contribution in [0.5, 0.6) is 11.5 Å². The van der Waals surface area contributed by atoms with E-state index in [1.807, 2.05) is 103 Å². The number of carbonyl (C=O) groups excluding carboxylic acids is 1. The molecule has 4 aromatic carbocycles. The van der Waals surface area contributed by atoms with Crippen LogP contribution in [0.4, 0.5) is 0 Å². The van der Waals surface area contributed by atoms with Crippen molar-refractivity contribution < 1.29 is 24.2 Å². The molecule has 0 fully saturated rings. The van der Waals surface area contributed by atoms with Gasteiger partial charge in [0.25, 0.3) is 0 Å². The van der Waals surface area contributed by atoms with Crippen molar-refractivity contribution in [1.82, 2.24) is 10.6 Å². The molecular weight excluding hydrogens is 504 g/mol. The summed E-state index contributed by atoms with van der Waals surface area (Å²) < 4.78 is 10.8. The van der Waals surface area contributed by atoms with E-state index in [0.29, 0.717) is 18.0 Å². The highest BCUT2D eigenvalue weighted by molar-refractivity contribution is 5.84. The number of rotatable bonds is 13. The molecule has 3 N–H and O–H groups in total. The number of carboxylic acid groups (broad SMARTS) is 1. The topological polar surface area (TPSA) is 96.9 Å². The summed E-state index contributed by atoms with van der Waals surface area (Å²) in [6, 6.07) is 34.0. The second-order valence-corrected chi connectivity index (χ2v) is 9.38. The fourth-order valence-electron chi connectivity index (χ4n) is 4.88. The van der Waals surface area contributed by atoms with Gasteiger partial charge >= 0.3 is 5.97 Å². The zero-order chi connectivity index (χ0) is 28.4. The summed E-state index contributed by atoms with van der Waals surface area (Å²) in [4.78, 5) is 25.7. The number of hydrogen-bond donors (Lipinski definition) is 3. The van der Waals surface area contributed by atoms with Crippen molar-refractivity contribution in [3.63, 3.8) is 0 Å². The summed E-state index contributed by atoms with van der Waals surface area (Å²) in [6.07, 6.45) is -0.0616. The van der Waals surface area contributed by atoms with Crippen molar-refractivity contribution >= 4 is 11.9 Å². The third-order valence-corrected chi connectivity index (χ3v) is 6.93. The summed E-state index contributed by atoms with van der Waals surface area (Å²) in [5.74, 6) is -0.0251. The van der Waals surface area contributed by atoms with Crippen molar-refractivity contribution in [3.8, 4) is 11.5 Å². The Hall–Kier alpha value is -4.62. The van der Waals surface area contributed by atoms with Gasteiger partial charge in [0.05, 0.1) is 20.3 Å². The fourth-order valence-corrected chi connectivity index (χ4v) is 4.88. The second-order valence-electron chi connectivity index (χ2n) is 9.38. The molecule has 0 unspecified atom stereocenters. The van der Waals surface area contributed by atoms with Crippen LogP contribution in [0.25, 0.3) is 0 Å². The number of amides is 1. The molecule has 7 heteroatoms. The molecule has 40 heavy (non-hydrogen) atoms. The van der Waals surface area contributed by atoms with Crippen LogP contribution in [0.3, 0.4) is 0 Å². The minimum atomic E-state index is -1.01. The molecular formula is C33H34N2O5. The molecule has 0 aliphatic carbocycles. The largest absolute Gasteiger partial charge is 0.497 e. The van der Waals surface area contributed by atoms with Gasteiger partial charge in [-0.3, -0.25) is 9.59 Å². The molecule has 1 atom stereocenters. The maximum absolute atomic E-state index is 14.1. The van der Waals surface area contributed by atoms with Crippen molar-refractivity contribution in [1.29, 1.82) is 0 Å². The molecule has 0 saturated carbocycles. The molecule has 0 radical (unpaired) electrons. The number of benzene rings is 4. The number of aliphatic carboxylic acids is 1. The van der Waals surface area contributed by atoms with E-state index in [1.165, 1.54) is 0 Å². The van der Waals surface area contributed by atoms with Crippen LogP contribution in [-0.4, -0.2) is 37.2 Å². The Labute approximate surface area is 234 Å². The molecule has 7 nitrogen and oxygen atoms in total. The molecule has 206 valence electrons. The van der Waals surface area contributed by atoms with Gasteiger partial charge in [0.2, 0.25) is 5.91 Å². The molecule has 0 heterocycles. The van der Waals surface area contributed by atoms with Crippen LogP contribution in [0.15, 0.2) is 109 Å².